The number of nitrogens with one attached hydrogen (secondary N) is 1. The highest BCUT2D eigenvalue weighted by molar-refractivity contribution is 7.89. The number of hydrogen-bond acceptors (Lipinski definition) is 5. The predicted molar refractivity (Wildman–Crippen MR) is 119 cm³/mol. The minimum absolute atomic E-state index is 0.00328. The van der Waals surface area contributed by atoms with Crippen LogP contribution in [-0.4, -0.2) is 45.9 Å². The number of methoxy groups -OCH3 is 2. The summed E-state index contributed by atoms with van der Waals surface area (Å²) in [4.78, 5) is 13.0. The number of carbonyl (C=O) groups excluding carboxylic acids is 1. The average Bonchev–Trinajstić information content (AvgIpc) is 2.77. The number of piperidine rings is 1. The molecule has 31 heavy (non-hydrogen) atoms. The molecule has 7 nitrogen and oxygen atoms in total. The van der Waals surface area contributed by atoms with Crippen molar-refractivity contribution in [2.45, 2.75) is 31.2 Å². The van der Waals surface area contributed by atoms with Crippen LogP contribution < -0.4 is 14.8 Å². The number of rotatable bonds is 7. The van der Waals surface area contributed by atoms with E-state index in [2.05, 4.69) is 5.32 Å². The van der Waals surface area contributed by atoms with Gasteiger partial charge in [0.1, 0.15) is 16.4 Å². The van der Waals surface area contributed by atoms with Crippen LogP contribution >= 0.6 is 11.6 Å². The molecule has 1 N–H and O–H groups in total. The zero-order valence-corrected chi connectivity index (χ0v) is 19.4. The number of ether oxygens (including phenoxy) is 2. The Labute approximate surface area is 188 Å². The van der Waals surface area contributed by atoms with Crippen molar-refractivity contribution < 1.29 is 22.7 Å². The van der Waals surface area contributed by atoms with Crippen molar-refractivity contribution in [3.05, 3.63) is 53.1 Å². The molecule has 0 saturated carbocycles. The second-order valence-corrected chi connectivity index (χ2v) is 10.2. The Morgan fingerprint density at radius 1 is 1.19 bits per heavy atom. The van der Waals surface area contributed by atoms with Gasteiger partial charge in [-0.25, -0.2) is 8.42 Å². The van der Waals surface area contributed by atoms with Gasteiger partial charge < -0.3 is 14.8 Å². The molecule has 168 valence electrons. The monoisotopic (exact) mass is 466 g/mol. The Bertz CT molecular complexity index is 1060. The molecule has 0 aromatic heterocycles. The Hall–Kier alpha value is -2.29. The first kappa shape index (κ1) is 23.4. The van der Waals surface area contributed by atoms with Gasteiger partial charge in [-0.05, 0) is 55.7 Å². The summed E-state index contributed by atoms with van der Waals surface area (Å²) in [7, 11) is -0.881. The van der Waals surface area contributed by atoms with E-state index < -0.39 is 15.4 Å². The number of halogens is 1. The van der Waals surface area contributed by atoms with E-state index in [-0.39, 0.29) is 23.1 Å². The van der Waals surface area contributed by atoms with Crippen molar-refractivity contribution in [2.75, 3.05) is 27.3 Å². The fourth-order valence-electron chi connectivity index (χ4n) is 3.75. The molecule has 1 saturated heterocycles. The van der Waals surface area contributed by atoms with Gasteiger partial charge in [-0.15, -0.1) is 0 Å². The van der Waals surface area contributed by atoms with E-state index in [0.29, 0.717) is 36.7 Å². The molecule has 1 aliphatic rings. The van der Waals surface area contributed by atoms with Gasteiger partial charge in [-0.3, -0.25) is 4.79 Å². The van der Waals surface area contributed by atoms with Crippen LogP contribution in [0, 0.1) is 5.41 Å². The Morgan fingerprint density at radius 3 is 2.68 bits per heavy atom. The summed E-state index contributed by atoms with van der Waals surface area (Å²) >= 11 is 6.03. The molecule has 2 aromatic carbocycles. The topological polar surface area (TPSA) is 84.9 Å². The van der Waals surface area contributed by atoms with Gasteiger partial charge in [0.25, 0.3) is 0 Å². The maximum atomic E-state index is 13.3. The lowest BCUT2D eigenvalue weighted by atomic mass is 9.82. The summed E-state index contributed by atoms with van der Waals surface area (Å²) in [5, 5.41) is 3.24. The minimum Gasteiger partial charge on any atom is -0.497 e. The van der Waals surface area contributed by atoms with Crippen LogP contribution in [0.2, 0.25) is 5.02 Å². The number of amides is 1. The standard InChI is InChI=1S/C22H27ClN2O5S/c1-22(21(26)24-14-16-6-4-7-18(12-16)29-2)10-5-11-25(15-22)31(27,28)20-13-17(23)8-9-19(20)30-3/h4,6-9,12-13H,5,10-11,14-15H2,1-3H3,(H,24,26). The van der Waals surface area contributed by atoms with Gasteiger partial charge in [0.2, 0.25) is 15.9 Å². The molecule has 1 fully saturated rings. The SMILES string of the molecule is COc1cccc(CNC(=O)C2(C)CCCN(S(=O)(=O)c3cc(Cl)ccc3OC)C2)c1. The number of benzene rings is 2. The number of carbonyl (C=O) groups is 1. The average molecular weight is 467 g/mol. The fraction of sp³-hybridized carbons (Fsp3) is 0.409. The van der Waals surface area contributed by atoms with Crippen LogP contribution in [0.5, 0.6) is 11.5 Å². The second-order valence-electron chi connectivity index (χ2n) is 7.83. The van der Waals surface area contributed by atoms with Crippen molar-refractivity contribution in [1.29, 1.82) is 0 Å². The van der Waals surface area contributed by atoms with Crippen LogP contribution in [0.15, 0.2) is 47.4 Å². The third-order valence-corrected chi connectivity index (χ3v) is 7.64. The molecule has 9 heteroatoms. The van der Waals surface area contributed by atoms with Crippen LogP contribution in [0.25, 0.3) is 0 Å². The van der Waals surface area contributed by atoms with Gasteiger partial charge >= 0.3 is 0 Å². The lowest BCUT2D eigenvalue weighted by Gasteiger charge is -2.38. The third kappa shape index (κ3) is 5.14. The van der Waals surface area contributed by atoms with Gasteiger partial charge in [-0.1, -0.05) is 23.7 Å². The maximum Gasteiger partial charge on any atom is 0.246 e. The first-order valence-corrected chi connectivity index (χ1v) is 11.8. The summed E-state index contributed by atoms with van der Waals surface area (Å²) in [6.07, 6.45) is 1.17. The molecule has 0 spiro atoms. The van der Waals surface area contributed by atoms with E-state index in [4.69, 9.17) is 21.1 Å². The lowest BCUT2D eigenvalue weighted by molar-refractivity contribution is -0.132. The molecule has 1 aliphatic heterocycles. The molecule has 3 rings (SSSR count). The normalized spacial score (nSPS) is 19.6. The highest BCUT2D eigenvalue weighted by Gasteiger charge is 2.42. The molecule has 0 bridgehead atoms. The van der Waals surface area contributed by atoms with Crippen molar-refractivity contribution in [3.63, 3.8) is 0 Å². The molecule has 1 amide bonds. The van der Waals surface area contributed by atoms with Gasteiger partial charge in [0.15, 0.2) is 0 Å². The molecular formula is C22H27ClN2O5S. The number of sulfonamides is 1. The van der Waals surface area contributed by atoms with Gasteiger partial charge in [-0.2, -0.15) is 4.31 Å². The molecule has 0 radical (unpaired) electrons. The zero-order chi connectivity index (χ0) is 22.6. The quantitative estimate of drug-likeness (QED) is 0.675. The van der Waals surface area contributed by atoms with E-state index >= 15 is 0 Å². The van der Waals surface area contributed by atoms with Crippen molar-refractivity contribution in [3.8, 4) is 11.5 Å². The largest absolute Gasteiger partial charge is 0.497 e. The number of hydrogen-bond donors (Lipinski definition) is 1. The molecule has 2 aromatic rings. The predicted octanol–water partition coefficient (Wildman–Crippen LogP) is 3.46. The van der Waals surface area contributed by atoms with Crippen molar-refractivity contribution >= 4 is 27.5 Å². The maximum absolute atomic E-state index is 13.3. The summed E-state index contributed by atoms with van der Waals surface area (Å²) in [5.74, 6) is 0.746. The zero-order valence-electron chi connectivity index (χ0n) is 17.9. The second kappa shape index (κ2) is 9.46. The Balaban J connectivity index is 1.76. The summed E-state index contributed by atoms with van der Waals surface area (Å²) in [6, 6.07) is 11.9. The minimum atomic E-state index is -3.88. The molecular weight excluding hydrogens is 440 g/mol. The van der Waals surface area contributed by atoms with Crippen LogP contribution in [0.3, 0.4) is 0 Å². The van der Waals surface area contributed by atoms with E-state index in [1.807, 2.05) is 24.3 Å². The molecule has 1 heterocycles. The van der Waals surface area contributed by atoms with Crippen LogP contribution in [0.4, 0.5) is 0 Å². The highest BCUT2D eigenvalue weighted by Crippen LogP contribution is 2.36. The van der Waals surface area contributed by atoms with E-state index in [0.717, 1.165) is 5.56 Å². The van der Waals surface area contributed by atoms with Crippen molar-refractivity contribution in [1.82, 2.24) is 9.62 Å². The van der Waals surface area contributed by atoms with E-state index in [1.54, 1.807) is 20.1 Å². The van der Waals surface area contributed by atoms with E-state index in [1.165, 1.54) is 23.5 Å². The summed E-state index contributed by atoms with van der Waals surface area (Å²) in [6.45, 7) is 2.54. The highest BCUT2D eigenvalue weighted by atomic mass is 35.5. The third-order valence-electron chi connectivity index (χ3n) is 5.54. The van der Waals surface area contributed by atoms with Gasteiger partial charge in [0, 0.05) is 24.7 Å². The van der Waals surface area contributed by atoms with E-state index in [9.17, 15) is 13.2 Å². The molecule has 1 atom stereocenters. The smallest absolute Gasteiger partial charge is 0.246 e. The molecule has 0 aliphatic carbocycles. The fourth-order valence-corrected chi connectivity index (χ4v) is 5.77. The van der Waals surface area contributed by atoms with Crippen LogP contribution in [0.1, 0.15) is 25.3 Å². The molecule has 1 unspecified atom stereocenters. The first-order chi connectivity index (χ1) is 14.7. The number of nitrogens with zero attached hydrogens (tertiary/aromatic N) is 1. The Morgan fingerprint density at radius 2 is 1.97 bits per heavy atom. The van der Waals surface area contributed by atoms with Crippen LogP contribution in [-0.2, 0) is 21.4 Å². The Kier molecular flexibility index (Phi) is 7.13. The first-order valence-electron chi connectivity index (χ1n) is 9.94. The van der Waals surface area contributed by atoms with Crippen molar-refractivity contribution in [2.24, 2.45) is 5.41 Å². The van der Waals surface area contributed by atoms with Gasteiger partial charge in [0.05, 0.1) is 19.6 Å². The summed E-state index contributed by atoms with van der Waals surface area (Å²) in [5.41, 5.74) is 0.0518. The summed E-state index contributed by atoms with van der Waals surface area (Å²) < 4.78 is 38.4. The lowest BCUT2D eigenvalue weighted by Crippen LogP contribution is -2.51.